The lowest BCUT2D eigenvalue weighted by atomic mass is 9.32. The summed E-state index contributed by atoms with van der Waals surface area (Å²) in [5.41, 5.74) is -4.30. The number of aliphatic hydroxyl groups excluding tert-OH is 1. The van der Waals surface area contributed by atoms with E-state index in [1.807, 2.05) is 13.0 Å². The van der Waals surface area contributed by atoms with Crippen LogP contribution in [0, 0.1) is 33.5 Å². The molecular formula is C39H47ClF3NO7S. The van der Waals surface area contributed by atoms with Crippen molar-refractivity contribution < 1.29 is 45.8 Å². The summed E-state index contributed by atoms with van der Waals surface area (Å²) in [5.74, 6) is -0.686. The van der Waals surface area contributed by atoms with Gasteiger partial charge in [-0.25, -0.2) is 8.42 Å². The Kier molecular flexibility index (Phi) is 9.11. The molecule has 0 saturated heterocycles. The molecule has 6 aliphatic rings. The summed E-state index contributed by atoms with van der Waals surface area (Å²) in [4.78, 5) is 14.9. The van der Waals surface area contributed by atoms with E-state index < -0.39 is 55.5 Å². The van der Waals surface area contributed by atoms with Crippen molar-refractivity contribution in [1.29, 1.82) is 0 Å². The first-order valence-electron chi connectivity index (χ1n) is 18.0. The molecule has 2 N–H and O–H groups in total. The summed E-state index contributed by atoms with van der Waals surface area (Å²) >= 11 is 6.34. The highest BCUT2D eigenvalue weighted by Gasteiger charge is 2.74. The predicted molar refractivity (Wildman–Crippen MR) is 190 cm³/mol. The molecule has 52 heavy (non-hydrogen) atoms. The quantitative estimate of drug-likeness (QED) is 0.145. The normalized spacial score (nSPS) is 36.8. The number of furan rings is 1. The number of carbonyl (C=O) groups is 1. The SMILES string of the molecule is COCCCN(C[C@]1(O)CC[C@H]2[C@]34C=C[C@@]5(C=C3C(=O)c3ccc(-c6cc(C(F)(F)F)ccc6Cl)o3)CC(O)CC[C@]5(C)[C@H]4CC[C@@]21C)S(C)(=O)=O. The first kappa shape index (κ1) is 37.8. The largest absolute Gasteiger partial charge is 0.453 e. The van der Waals surface area contributed by atoms with Gasteiger partial charge in [0, 0.05) is 54.2 Å². The first-order valence-corrected chi connectivity index (χ1v) is 20.3. The highest BCUT2D eigenvalue weighted by atomic mass is 35.5. The van der Waals surface area contributed by atoms with Crippen LogP contribution in [0.15, 0.2) is 58.6 Å². The molecule has 2 spiro atoms. The Morgan fingerprint density at radius 1 is 1.06 bits per heavy atom. The van der Waals surface area contributed by atoms with Gasteiger partial charge in [-0.15, -0.1) is 0 Å². The summed E-state index contributed by atoms with van der Waals surface area (Å²) in [6.07, 6.45) is 6.79. The highest BCUT2D eigenvalue weighted by molar-refractivity contribution is 7.88. The third-order valence-corrected chi connectivity index (χ3v) is 15.6. The molecule has 1 aromatic heterocycles. The van der Waals surface area contributed by atoms with E-state index in [2.05, 4.69) is 19.1 Å². The van der Waals surface area contributed by atoms with Crippen LogP contribution in [0.25, 0.3) is 11.3 Å². The number of alkyl halides is 3. The highest BCUT2D eigenvalue weighted by Crippen LogP contribution is 2.78. The Labute approximate surface area is 308 Å². The minimum absolute atomic E-state index is 0.0132. The van der Waals surface area contributed by atoms with E-state index in [4.69, 9.17) is 20.8 Å². The number of sulfonamides is 1. The number of ketones is 1. The van der Waals surface area contributed by atoms with Gasteiger partial charge in [0.2, 0.25) is 15.8 Å². The fourth-order valence-electron chi connectivity index (χ4n) is 11.3. The maximum absolute atomic E-state index is 14.9. The number of hydrogen-bond donors (Lipinski definition) is 2. The minimum atomic E-state index is -4.60. The van der Waals surface area contributed by atoms with Gasteiger partial charge in [-0.05, 0) is 98.9 Å². The Bertz CT molecular complexity index is 1940. The molecule has 1 aromatic carbocycles. The summed E-state index contributed by atoms with van der Waals surface area (Å²) in [6, 6.07) is 5.88. The van der Waals surface area contributed by atoms with Crippen LogP contribution in [-0.4, -0.2) is 73.5 Å². The molecule has 8 nitrogen and oxygen atoms in total. The zero-order chi connectivity index (χ0) is 37.7. The number of hydrogen-bond acceptors (Lipinski definition) is 7. The molecule has 8 atom stereocenters. The molecule has 8 rings (SSSR count). The van der Waals surface area contributed by atoms with Gasteiger partial charge >= 0.3 is 6.18 Å². The second-order valence-corrected chi connectivity index (χ2v) is 18.8. The number of halogens is 4. The van der Waals surface area contributed by atoms with Crippen LogP contribution in [0.5, 0.6) is 0 Å². The maximum Gasteiger partial charge on any atom is 0.416 e. The molecule has 2 bridgehead atoms. The molecule has 0 amide bonds. The zero-order valence-electron chi connectivity index (χ0n) is 29.9. The van der Waals surface area contributed by atoms with Gasteiger partial charge in [0.05, 0.1) is 28.5 Å². The van der Waals surface area contributed by atoms with E-state index in [-0.39, 0.29) is 52.4 Å². The number of nitrogens with zero attached hydrogens (tertiary/aromatic N) is 1. The second kappa shape index (κ2) is 12.5. The number of carbonyl (C=O) groups excluding carboxylic acids is 1. The van der Waals surface area contributed by atoms with Crippen molar-refractivity contribution in [2.75, 3.05) is 33.1 Å². The van der Waals surface area contributed by atoms with E-state index in [9.17, 15) is 36.6 Å². The predicted octanol–water partition coefficient (Wildman–Crippen LogP) is 7.69. The number of methoxy groups -OCH3 is 1. The summed E-state index contributed by atoms with van der Waals surface area (Å²) < 4.78 is 79.4. The molecule has 6 aliphatic carbocycles. The van der Waals surface area contributed by atoms with Crippen molar-refractivity contribution in [1.82, 2.24) is 4.31 Å². The number of fused-ring (bicyclic) bond motifs is 1. The third-order valence-electron chi connectivity index (χ3n) is 14.0. The molecular weight excluding hydrogens is 719 g/mol. The average molecular weight is 766 g/mol. The lowest BCUT2D eigenvalue weighted by Crippen LogP contribution is -2.67. The molecule has 284 valence electrons. The Morgan fingerprint density at radius 2 is 1.75 bits per heavy atom. The Morgan fingerprint density at radius 3 is 2.44 bits per heavy atom. The lowest BCUT2D eigenvalue weighted by molar-refractivity contribution is -0.173. The van der Waals surface area contributed by atoms with E-state index in [0.29, 0.717) is 57.1 Å². The molecule has 0 radical (unpaired) electrons. The minimum Gasteiger partial charge on any atom is -0.453 e. The first-order chi connectivity index (χ1) is 24.2. The number of ether oxygens (including phenoxy) is 1. The fraction of sp³-hybridized carbons (Fsp3) is 0.615. The smallest absolute Gasteiger partial charge is 0.416 e. The summed E-state index contributed by atoms with van der Waals surface area (Å²) in [5, 5.41) is 23.7. The summed E-state index contributed by atoms with van der Waals surface area (Å²) in [6.45, 7) is 4.79. The van der Waals surface area contributed by atoms with Gasteiger partial charge in [0.25, 0.3) is 0 Å². The number of benzene rings is 1. The molecule has 0 aliphatic heterocycles. The van der Waals surface area contributed by atoms with Crippen LogP contribution < -0.4 is 0 Å². The van der Waals surface area contributed by atoms with Gasteiger partial charge in [0.1, 0.15) is 5.76 Å². The van der Waals surface area contributed by atoms with Crippen molar-refractivity contribution in [3.05, 3.63) is 70.5 Å². The van der Waals surface area contributed by atoms with Gasteiger partial charge in [-0.1, -0.05) is 43.7 Å². The third kappa shape index (κ3) is 5.52. The molecule has 3 saturated carbocycles. The van der Waals surface area contributed by atoms with Crippen LogP contribution >= 0.6 is 11.6 Å². The van der Waals surface area contributed by atoms with Gasteiger partial charge in [0.15, 0.2) is 5.76 Å². The lowest BCUT2D eigenvalue weighted by Gasteiger charge is -2.71. The van der Waals surface area contributed by atoms with Crippen molar-refractivity contribution in [2.24, 2.45) is 33.5 Å². The van der Waals surface area contributed by atoms with Crippen molar-refractivity contribution in [2.45, 2.75) is 83.1 Å². The van der Waals surface area contributed by atoms with Crippen molar-refractivity contribution >= 4 is 27.4 Å². The van der Waals surface area contributed by atoms with E-state index in [1.54, 1.807) is 7.11 Å². The van der Waals surface area contributed by atoms with E-state index in [1.165, 1.54) is 16.4 Å². The number of aliphatic hydroxyl groups is 2. The molecule has 2 aromatic rings. The summed E-state index contributed by atoms with van der Waals surface area (Å²) in [7, 11) is -2.11. The van der Waals surface area contributed by atoms with Gasteiger partial charge < -0.3 is 19.4 Å². The molecule has 3 fully saturated rings. The Balaban J connectivity index is 1.32. The average Bonchev–Trinajstić information content (AvgIpc) is 3.66. The Hall–Kier alpha value is -2.48. The number of rotatable bonds is 10. The van der Waals surface area contributed by atoms with Gasteiger partial charge in [-0.3, -0.25) is 4.79 Å². The zero-order valence-corrected chi connectivity index (χ0v) is 31.5. The number of allylic oxidation sites excluding steroid dienone is 4. The van der Waals surface area contributed by atoms with Crippen LogP contribution in [0.2, 0.25) is 5.02 Å². The van der Waals surface area contributed by atoms with Crippen LogP contribution in [0.1, 0.15) is 81.3 Å². The second-order valence-electron chi connectivity index (χ2n) is 16.4. The fourth-order valence-corrected chi connectivity index (χ4v) is 12.4. The van der Waals surface area contributed by atoms with Crippen LogP contribution in [-0.2, 0) is 20.9 Å². The van der Waals surface area contributed by atoms with Crippen LogP contribution in [0.3, 0.4) is 0 Å². The van der Waals surface area contributed by atoms with E-state index in [0.717, 1.165) is 30.9 Å². The van der Waals surface area contributed by atoms with Crippen molar-refractivity contribution in [3.8, 4) is 11.3 Å². The molecule has 13 heteroatoms. The van der Waals surface area contributed by atoms with E-state index >= 15 is 0 Å². The van der Waals surface area contributed by atoms with Crippen molar-refractivity contribution in [3.63, 3.8) is 0 Å². The molecule has 1 unspecified atom stereocenters. The topological polar surface area (TPSA) is 117 Å². The number of Topliss-reactive ketones (excluding diaryl/α,β-unsaturated/α-hetero) is 1. The van der Waals surface area contributed by atoms with Crippen LogP contribution in [0.4, 0.5) is 13.2 Å². The standard InChI is InChI=1S/C39H47ClF3NO7S/c1-34-13-10-25(45)21-36(34)16-17-38(27(22-36)33(46)30-9-8-29(51-30)26-20-24(39(41,42)43)6-7-28(26)40)31(34)11-14-35(2)32(38)12-15-37(35,47)23-44(52(4,48)49)18-5-19-50-3/h6-9,16-17,20,22,25,31-32,45,47H,5,10-15,18-19,21,23H2,1-4H3/t25?,31-,32-,34-,35+,36+,37-,38-/m1/s1. The monoisotopic (exact) mass is 765 g/mol. The molecule has 1 heterocycles. The maximum atomic E-state index is 14.9. The van der Waals surface area contributed by atoms with Gasteiger partial charge in [-0.2, -0.15) is 17.5 Å².